The number of likely N-dealkylation sites (N-methyl/N-ethyl adjacent to an activating group) is 1. The van der Waals surface area contributed by atoms with Crippen LogP contribution in [0, 0.1) is 0 Å². The van der Waals surface area contributed by atoms with Crippen molar-refractivity contribution in [1.82, 2.24) is 14.9 Å². The van der Waals surface area contributed by atoms with E-state index in [0.717, 1.165) is 5.56 Å². The van der Waals surface area contributed by atoms with Gasteiger partial charge < -0.3 is 9.64 Å². The van der Waals surface area contributed by atoms with E-state index in [9.17, 15) is 9.59 Å². The number of nitrogens with zero attached hydrogens (tertiary/aromatic N) is 3. The summed E-state index contributed by atoms with van der Waals surface area (Å²) < 4.78 is 5.77. The van der Waals surface area contributed by atoms with Crippen LogP contribution in [0.3, 0.4) is 0 Å². The summed E-state index contributed by atoms with van der Waals surface area (Å²) in [4.78, 5) is 36.3. The van der Waals surface area contributed by atoms with Gasteiger partial charge in [-0.1, -0.05) is 48.5 Å². The largest absolute Gasteiger partial charge is 0.444 e. The number of rotatable bonds is 5. The minimum atomic E-state index is -1.04. The Labute approximate surface area is 180 Å². The van der Waals surface area contributed by atoms with Gasteiger partial charge in [-0.05, 0) is 24.3 Å². The number of aromatic nitrogens is 2. The first-order chi connectivity index (χ1) is 15.0. The Morgan fingerprint density at radius 3 is 2.39 bits per heavy atom. The van der Waals surface area contributed by atoms with Crippen molar-refractivity contribution in [1.29, 1.82) is 0 Å². The van der Waals surface area contributed by atoms with Crippen LogP contribution in [0.15, 0.2) is 85.2 Å². The van der Waals surface area contributed by atoms with E-state index < -0.39 is 12.1 Å². The highest BCUT2D eigenvalue weighted by atomic mass is 16.5. The van der Waals surface area contributed by atoms with Gasteiger partial charge in [0.1, 0.15) is 0 Å². The van der Waals surface area contributed by atoms with Crippen LogP contribution in [-0.4, -0.2) is 40.8 Å². The fourth-order valence-electron chi connectivity index (χ4n) is 3.30. The topological polar surface area (TPSA) is 72.4 Å². The number of ether oxygens (including phenoxy) is 1. The fourth-order valence-corrected chi connectivity index (χ4v) is 3.30. The molecule has 1 amide bonds. The Hall–Kier alpha value is -4.06. The zero-order valence-corrected chi connectivity index (χ0v) is 17.2. The first-order valence-electron chi connectivity index (χ1n) is 9.82. The summed E-state index contributed by atoms with van der Waals surface area (Å²) in [6.45, 7) is 0. The normalized spacial score (nSPS) is 11.7. The predicted molar refractivity (Wildman–Crippen MR) is 118 cm³/mol. The second-order valence-corrected chi connectivity index (χ2v) is 7.24. The third-order valence-electron chi connectivity index (χ3n) is 4.89. The number of carbonyl (C=O) groups excluding carboxylic acids is 2. The molecule has 0 radical (unpaired) electrons. The van der Waals surface area contributed by atoms with Gasteiger partial charge in [0.05, 0.1) is 16.8 Å². The van der Waals surface area contributed by atoms with Crippen LogP contribution >= 0.6 is 0 Å². The van der Waals surface area contributed by atoms with Crippen molar-refractivity contribution in [2.75, 3.05) is 14.1 Å². The van der Waals surface area contributed by atoms with Gasteiger partial charge in [-0.15, -0.1) is 0 Å². The summed E-state index contributed by atoms with van der Waals surface area (Å²) in [6.07, 6.45) is 2.32. The third-order valence-corrected chi connectivity index (χ3v) is 4.89. The van der Waals surface area contributed by atoms with E-state index in [1.165, 1.54) is 4.90 Å². The molecule has 0 aliphatic rings. The van der Waals surface area contributed by atoms with Crippen molar-refractivity contribution in [2.24, 2.45) is 0 Å². The second-order valence-electron chi connectivity index (χ2n) is 7.24. The molecule has 0 spiro atoms. The van der Waals surface area contributed by atoms with Gasteiger partial charge in [0.2, 0.25) is 6.10 Å². The number of esters is 1. The number of para-hydroxylation sites is 1. The Balaban J connectivity index is 1.78. The van der Waals surface area contributed by atoms with Crippen molar-refractivity contribution in [3.05, 3.63) is 96.3 Å². The molecular weight excluding hydrogens is 390 g/mol. The van der Waals surface area contributed by atoms with Crippen LogP contribution in [0.1, 0.15) is 22.0 Å². The Morgan fingerprint density at radius 2 is 1.68 bits per heavy atom. The predicted octanol–water partition coefficient (Wildman–Crippen LogP) is 4.28. The Morgan fingerprint density at radius 1 is 0.935 bits per heavy atom. The van der Waals surface area contributed by atoms with Gasteiger partial charge in [0, 0.05) is 43.0 Å². The van der Waals surface area contributed by atoms with Crippen LogP contribution in [0.25, 0.3) is 22.2 Å². The number of pyridine rings is 2. The molecule has 0 saturated heterocycles. The lowest BCUT2D eigenvalue weighted by Gasteiger charge is -2.21. The zero-order valence-electron chi connectivity index (χ0n) is 17.2. The molecule has 0 aliphatic heterocycles. The number of carbonyl (C=O) groups is 2. The second kappa shape index (κ2) is 8.75. The van der Waals surface area contributed by atoms with Crippen molar-refractivity contribution in [2.45, 2.75) is 6.10 Å². The van der Waals surface area contributed by atoms with E-state index in [-0.39, 0.29) is 5.91 Å². The van der Waals surface area contributed by atoms with E-state index >= 15 is 0 Å². The van der Waals surface area contributed by atoms with E-state index in [2.05, 4.69) is 9.97 Å². The van der Waals surface area contributed by atoms with E-state index in [1.807, 2.05) is 42.5 Å². The zero-order chi connectivity index (χ0) is 21.8. The maximum atomic E-state index is 13.3. The summed E-state index contributed by atoms with van der Waals surface area (Å²) in [6, 6.07) is 21.7. The van der Waals surface area contributed by atoms with E-state index in [4.69, 9.17) is 4.74 Å². The molecule has 0 bridgehead atoms. The van der Waals surface area contributed by atoms with Gasteiger partial charge in [0.25, 0.3) is 5.91 Å². The minimum Gasteiger partial charge on any atom is -0.444 e. The average molecular weight is 411 g/mol. The quantitative estimate of drug-likeness (QED) is 0.458. The molecule has 2 aromatic heterocycles. The fraction of sp³-hybridized carbons (Fsp3) is 0.120. The molecule has 1 unspecified atom stereocenters. The van der Waals surface area contributed by atoms with Crippen LogP contribution in [0.5, 0.6) is 0 Å². The van der Waals surface area contributed by atoms with E-state index in [0.29, 0.717) is 27.7 Å². The SMILES string of the molecule is CN(C)C(=O)C(OC(=O)c1cc(-c2cccnc2)nc2ccccc12)c1ccccc1. The maximum Gasteiger partial charge on any atom is 0.340 e. The molecule has 4 rings (SSSR count). The molecule has 6 nitrogen and oxygen atoms in total. The summed E-state index contributed by atoms with van der Waals surface area (Å²) in [5.41, 5.74) is 3.00. The van der Waals surface area contributed by atoms with Crippen LogP contribution < -0.4 is 0 Å². The summed E-state index contributed by atoms with van der Waals surface area (Å²) in [7, 11) is 3.27. The first kappa shape index (κ1) is 20.2. The first-order valence-corrected chi connectivity index (χ1v) is 9.82. The highest BCUT2D eigenvalue weighted by Crippen LogP contribution is 2.27. The number of amides is 1. The number of hydrogen-bond donors (Lipinski definition) is 0. The lowest BCUT2D eigenvalue weighted by atomic mass is 10.0. The molecule has 4 aromatic rings. The molecule has 0 saturated carbocycles. The molecule has 2 aromatic carbocycles. The number of benzene rings is 2. The molecule has 0 fully saturated rings. The highest BCUT2D eigenvalue weighted by molar-refractivity contribution is 6.05. The Bertz CT molecular complexity index is 1220. The smallest absolute Gasteiger partial charge is 0.340 e. The van der Waals surface area contributed by atoms with Crippen molar-refractivity contribution in [3.8, 4) is 11.3 Å². The summed E-state index contributed by atoms with van der Waals surface area (Å²) in [5, 5.41) is 0.657. The monoisotopic (exact) mass is 411 g/mol. The standard InChI is InChI=1S/C25H21N3O3/c1-28(2)24(29)23(17-9-4-3-5-10-17)31-25(30)20-15-22(18-11-8-14-26-16-18)27-21-13-7-6-12-19(20)21/h3-16,23H,1-2H3. The summed E-state index contributed by atoms with van der Waals surface area (Å²) >= 11 is 0. The molecule has 0 N–H and O–H groups in total. The summed E-state index contributed by atoms with van der Waals surface area (Å²) in [5.74, 6) is -0.904. The lowest BCUT2D eigenvalue weighted by Crippen LogP contribution is -2.31. The van der Waals surface area contributed by atoms with Crippen LogP contribution in [0.2, 0.25) is 0 Å². The molecule has 31 heavy (non-hydrogen) atoms. The van der Waals surface area contributed by atoms with Crippen LogP contribution in [-0.2, 0) is 9.53 Å². The lowest BCUT2D eigenvalue weighted by molar-refractivity contribution is -0.138. The molecule has 1 atom stereocenters. The van der Waals surface area contributed by atoms with Gasteiger partial charge in [-0.3, -0.25) is 9.78 Å². The van der Waals surface area contributed by atoms with Crippen molar-refractivity contribution in [3.63, 3.8) is 0 Å². The molecule has 154 valence electrons. The van der Waals surface area contributed by atoms with Gasteiger partial charge in [-0.2, -0.15) is 0 Å². The van der Waals surface area contributed by atoms with Crippen LogP contribution in [0.4, 0.5) is 0 Å². The van der Waals surface area contributed by atoms with Gasteiger partial charge in [0.15, 0.2) is 0 Å². The Kier molecular flexibility index (Phi) is 5.71. The molecule has 2 heterocycles. The van der Waals surface area contributed by atoms with Crippen molar-refractivity contribution >= 4 is 22.8 Å². The third kappa shape index (κ3) is 4.28. The molecule has 0 aliphatic carbocycles. The minimum absolute atomic E-state index is 0.314. The van der Waals surface area contributed by atoms with Gasteiger partial charge >= 0.3 is 5.97 Å². The van der Waals surface area contributed by atoms with Crippen molar-refractivity contribution < 1.29 is 14.3 Å². The highest BCUT2D eigenvalue weighted by Gasteiger charge is 2.28. The molecular formula is C25H21N3O3. The number of fused-ring (bicyclic) bond motifs is 1. The van der Waals surface area contributed by atoms with E-state index in [1.54, 1.807) is 56.8 Å². The van der Waals surface area contributed by atoms with Gasteiger partial charge in [-0.25, -0.2) is 9.78 Å². The number of hydrogen-bond acceptors (Lipinski definition) is 5. The molecule has 6 heteroatoms. The maximum absolute atomic E-state index is 13.3. The average Bonchev–Trinajstić information content (AvgIpc) is 2.82.